The Morgan fingerprint density at radius 3 is 2.59 bits per heavy atom. The molecule has 1 atom stereocenters. The van der Waals surface area contributed by atoms with Gasteiger partial charge in [-0.05, 0) is 54.4 Å². The Labute approximate surface area is 161 Å². The lowest BCUT2D eigenvalue weighted by Gasteiger charge is -2.22. The molecule has 1 aromatic carbocycles. The summed E-state index contributed by atoms with van der Waals surface area (Å²) in [5, 5.41) is 15.6. The van der Waals surface area contributed by atoms with Crippen LogP contribution in [0.1, 0.15) is 22.7 Å². The fraction of sp³-hybridized carbons (Fsp3) is 0.0952. The Morgan fingerprint density at radius 2 is 1.85 bits per heavy atom. The van der Waals surface area contributed by atoms with Gasteiger partial charge in [-0.3, -0.25) is 9.97 Å². The number of halogens is 1. The number of rotatable bonds is 4. The molecule has 0 aliphatic heterocycles. The molecular weight excluding hydrogens is 360 g/mol. The molecule has 0 spiro atoms. The minimum atomic E-state index is -0.368. The lowest BCUT2D eigenvalue weighted by Crippen LogP contribution is -2.14. The second kappa shape index (κ2) is 7.21. The Morgan fingerprint density at radius 1 is 1.04 bits per heavy atom. The molecule has 4 rings (SSSR count). The highest BCUT2D eigenvalue weighted by molar-refractivity contribution is 6.35. The molecule has 3 heterocycles. The maximum Gasteiger partial charge on any atom is 0.147 e. The Kier molecular flexibility index (Phi) is 4.60. The number of aryl methyl sites for hydroxylation is 1. The molecular formula is C21H17ClN4O. The summed E-state index contributed by atoms with van der Waals surface area (Å²) in [6.45, 7) is 1.98. The largest absolute Gasteiger partial charge is 0.505 e. The van der Waals surface area contributed by atoms with E-state index in [1.54, 1.807) is 36.9 Å². The number of aromatic nitrogens is 3. The number of hydrogen-bond donors (Lipinski definition) is 2. The number of fused-ring (bicyclic) bond motifs is 1. The zero-order chi connectivity index (χ0) is 18.8. The zero-order valence-corrected chi connectivity index (χ0v) is 15.4. The van der Waals surface area contributed by atoms with Crippen molar-refractivity contribution in [2.45, 2.75) is 13.0 Å². The van der Waals surface area contributed by atoms with Crippen molar-refractivity contribution in [2.24, 2.45) is 0 Å². The molecule has 0 radical (unpaired) electrons. The first-order valence-electron chi connectivity index (χ1n) is 8.48. The van der Waals surface area contributed by atoms with Crippen LogP contribution in [0.2, 0.25) is 5.02 Å². The maximum absolute atomic E-state index is 10.9. The molecule has 3 aromatic heterocycles. The summed E-state index contributed by atoms with van der Waals surface area (Å²) in [4.78, 5) is 12.8. The van der Waals surface area contributed by atoms with E-state index in [-0.39, 0.29) is 11.8 Å². The normalized spacial score (nSPS) is 12.1. The molecule has 6 heteroatoms. The Hall–Kier alpha value is -3.18. The number of aromatic hydroxyl groups is 1. The van der Waals surface area contributed by atoms with E-state index in [1.807, 2.05) is 37.3 Å². The SMILES string of the molecule is Cc1ccc(NC(c2ccncc2)c2cc(Cl)c3cccnc3c2O)nc1. The van der Waals surface area contributed by atoms with Gasteiger partial charge in [-0.25, -0.2) is 4.98 Å². The zero-order valence-electron chi connectivity index (χ0n) is 14.6. The summed E-state index contributed by atoms with van der Waals surface area (Å²) in [5.41, 5.74) is 3.09. The average Bonchev–Trinajstić information content (AvgIpc) is 2.71. The predicted octanol–water partition coefficient (Wildman–Crippen LogP) is 4.89. The van der Waals surface area contributed by atoms with Crippen molar-refractivity contribution in [3.05, 3.63) is 89.0 Å². The van der Waals surface area contributed by atoms with Gasteiger partial charge in [0.05, 0.1) is 11.1 Å². The van der Waals surface area contributed by atoms with E-state index < -0.39 is 0 Å². The van der Waals surface area contributed by atoms with Gasteiger partial charge in [0.2, 0.25) is 0 Å². The minimum absolute atomic E-state index is 0.0939. The number of phenolic OH excluding ortho intramolecular Hbond substituents is 1. The molecule has 0 saturated carbocycles. The minimum Gasteiger partial charge on any atom is -0.505 e. The molecule has 134 valence electrons. The van der Waals surface area contributed by atoms with Crippen LogP contribution in [0.25, 0.3) is 10.9 Å². The van der Waals surface area contributed by atoms with Crippen LogP contribution < -0.4 is 5.32 Å². The third-order valence-corrected chi connectivity index (χ3v) is 4.71. The van der Waals surface area contributed by atoms with Gasteiger partial charge < -0.3 is 10.4 Å². The number of nitrogens with zero attached hydrogens (tertiary/aromatic N) is 3. The molecule has 4 aromatic rings. The number of nitrogens with one attached hydrogen (secondary N) is 1. The first-order valence-corrected chi connectivity index (χ1v) is 8.86. The molecule has 1 unspecified atom stereocenters. The van der Waals surface area contributed by atoms with E-state index in [4.69, 9.17) is 11.6 Å². The molecule has 0 fully saturated rings. The van der Waals surface area contributed by atoms with Gasteiger partial charge in [-0.1, -0.05) is 17.7 Å². The molecule has 2 N–H and O–H groups in total. The van der Waals surface area contributed by atoms with Gasteiger partial charge in [0.1, 0.15) is 17.1 Å². The van der Waals surface area contributed by atoms with Crippen molar-refractivity contribution in [1.82, 2.24) is 15.0 Å². The number of benzene rings is 1. The fourth-order valence-corrected chi connectivity index (χ4v) is 3.29. The van der Waals surface area contributed by atoms with Gasteiger partial charge in [0.25, 0.3) is 0 Å². The Bertz CT molecular complexity index is 1080. The number of anilines is 1. The van der Waals surface area contributed by atoms with E-state index in [0.29, 0.717) is 27.3 Å². The monoisotopic (exact) mass is 376 g/mol. The average molecular weight is 377 g/mol. The molecule has 5 nitrogen and oxygen atoms in total. The smallest absolute Gasteiger partial charge is 0.147 e. The summed E-state index contributed by atoms with van der Waals surface area (Å²) < 4.78 is 0. The van der Waals surface area contributed by atoms with Crippen LogP contribution in [0.3, 0.4) is 0 Å². The predicted molar refractivity (Wildman–Crippen MR) is 107 cm³/mol. The van der Waals surface area contributed by atoms with Crippen LogP contribution >= 0.6 is 11.6 Å². The van der Waals surface area contributed by atoms with Crippen LogP contribution in [0.5, 0.6) is 5.75 Å². The lowest BCUT2D eigenvalue weighted by molar-refractivity contribution is 0.471. The highest BCUT2D eigenvalue weighted by Crippen LogP contribution is 2.39. The third kappa shape index (κ3) is 3.41. The van der Waals surface area contributed by atoms with E-state index in [2.05, 4.69) is 20.3 Å². The van der Waals surface area contributed by atoms with Gasteiger partial charge in [-0.2, -0.15) is 0 Å². The van der Waals surface area contributed by atoms with Gasteiger partial charge in [0, 0.05) is 35.7 Å². The van der Waals surface area contributed by atoms with E-state index in [0.717, 1.165) is 11.1 Å². The standard InChI is InChI=1S/C21H17ClN4O/c1-13-4-5-18(25-12-13)26-19(14-6-9-23-10-7-14)16-11-17(22)15-3-2-8-24-20(15)21(16)27/h2-12,19,27H,1H3,(H,25,26). The number of hydrogen-bond acceptors (Lipinski definition) is 5. The molecule has 0 aliphatic carbocycles. The molecule has 0 bridgehead atoms. The van der Waals surface area contributed by atoms with Crippen molar-refractivity contribution in [3.8, 4) is 5.75 Å². The van der Waals surface area contributed by atoms with Crippen molar-refractivity contribution in [2.75, 3.05) is 5.32 Å². The third-order valence-electron chi connectivity index (χ3n) is 4.40. The van der Waals surface area contributed by atoms with Gasteiger partial charge >= 0.3 is 0 Å². The summed E-state index contributed by atoms with van der Waals surface area (Å²) in [6.07, 6.45) is 6.86. The second-order valence-electron chi connectivity index (χ2n) is 6.27. The van der Waals surface area contributed by atoms with Crippen LogP contribution in [-0.2, 0) is 0 Å². The van der Waals surface area contributed by atoms with Crippen LogP contribution in [0.4, 0.5) is 5.82 Å². The van der Waals surface area contributed by atoms with Gasteiger partial charge in [0.15, 0.2) is 0 Å². The second-order valence-corrected chi connectivity index (χ2v) is 6.68. The molecule has 0 saturated heterocycles. The van der Waals surface area contributed by atoms with Crippen molar-refractivity contribution >= 4 is 28.3 Å². The highest BCUT2D eigenvalue weighted by atomic mass is 35.5. The maximum atomic E-state index is 10.9. The molecule has 0 amide bonds. The number of phenols is 1. The quantitative estimate of drug-likeness (QED) is 0.530. The first kappa shape index (κ1) is 17.2. The van der Waals surface area contributed by atoms with Crippen LogP contribution in [0.15, 0.2) is 67.3 Å². The summed E-state index contributed by atoms with van der Waals surface area (Å²) in [7, 11) is 0. The molecule has 27 heavy (non-hydrogen) atoms. The Balaban J connectivity index is 1.87. The van der Waals surface area contributed by atoms with Crippen LogP contribution in [0, 0.1) is 6.92 Å². The van der Waals surface area contributed by atoms with E-state index >= 15 is 0 Å². The number of pyridine rings is 3. The van der Waals surface area contributed by atoms with E-state index in [1.165, 1.54) is 0 Å². The van der Waals surface area contributed by atoms with Crippen molar-refractivity contribution in [3.63, 3.8) is 0 Å². The molecule has 0 aliphatic rings. The first-order chi connectivity index (χ1) is 13.1. The van der Waals surface area contributed by atoms with Crippen LogP contribution in [-0.4, -0.2) is 20.1 Å². The van der Waals surface area contributed by atoms with Crippen molar-refractivity contribution < 1.29 is 5.11 Å². The van der Waals surface area contributed by atoms with E-state index in [9.17, 15) is 5.11 Å². The van der Waals surface area contributed by atoms with Crippen molar-refractivity contribution in [1.29, 1.82) is 0 Å². The summed E-state index contributed by atoms with van der Waals surface area (Å²) in [6, 6.07) is 12.7. The summed E-state index contributed by atoms with van der Waals surface area (Å²) in [5.74, 6) is 0.787. The fourth-order valence-electron chi connectivity index (χ4n) is 3.02. The topological polar surface area (TPSA) is 70.9 Å². The van der Waals surface area contributed by atoms with Gasteiger partial charge in [-0.15, -0.1) is 0 Å². The highest BCUT2D eigenvalue weighted by Gasteiger charge is 2.22. The summed E-state index contributed by atoms with van der Waals surface area (Å²) >= 11 is 6.48. The lowest BCUT2D eigenvalue weighted by atomic mass is 9.97.